The maximum Gasteiger partial charge on any atom is 0.244 e. The van der Waals surface area contributed by atoms with Crippen molar-refractivity contribution in [1.82, 2.24) is 10.2 Å². The molecule has 2 amide bonds. The van der Waals surface area contributed by atoms with Crippen molar-refractivity contribution in [1.29, 1.82) is 0 Å². The summed E-state index contributed by atoms with van der Waals surface area (Å²) in [7, 11) is -3.91. The maximum absolute atomic E-state index is 14.1. The number of para-hydroxylation sites is 1. The van der Waals surface area contributed by atoms with Gasteiger partial charge in [0.2, 0.25) is 21.8 Å². The Morgan fingerprint density at radius 1 is 0.872 bits per heavy atom. The number of halogens is 2. The smallest absolute Gasteiger partial charge is 0.244 e. The number of amides is 2. The monoisotopic (exact) mass is 589 g/mol. The number of hydrogen-bond donors (Lipinski definition) is 1. The molecule has 0 saturated carbocycles. The Morgan fingerprint density at radius 3 is 2.00 bits per heavy atom. The minimum atomic E-state index is -3.91. The van der Waals surface area contributed by atoms with Crippen molar-refractivity contribution in [3.8, 4) is 0 Å². The lowest BCUT2D eigenvalue weighted by Gasteiger charge is -2.35. The molecule has 3 aromatic carbocycles. The average Bonchev–Trinajstić information content (AvgIpc) is 2.85. The van der Waals surface area contributed by atoms with Crippen molar-refractivity contribution >= 4 is 50.7 Å². The molecule has 0 aliphatic carbocycles. The van der Waals surface area contributed by atoms with Crippen molar-refractivity contribution < 1.29 is 18.0 Å². The lowest BCUT2D eigenvalue weighted by atomic mass is 10.0. The Labute approximate surface area is 240 Å². The number of anilines is 1. The Kier molecular flexibility index (Phi) is 10.0. The van der Waals surface area contributed by atoms with Crippen LogP contribution in [-0.2, 0) is 32.6 Å². The maximum atomic E-state index is 14.1. The van der Waals surface area contributed by atoms with Crippen molar-refractivity contribution in [2.24, 2.45) is 0 Å². The van der Waals surface area contributed by atoms with Gasteiger partial charge >= 0.3 is 0 Å². The van der Waals surface area contributed by atoms with Crippen LogP contribution in [0.2, 0.25) is 10.0 Å². The molecule has 0 fully saturated rings. The van der Waals surface area contributed by atoms with Crippen LogP contribution in [0.4, 0.5) is 5.69 Å². The average molecular weight is 591 g/mol. The summed E-state index contributed by atoms with van der Waals surface area (Å²) in [5.74, 6) is -0.944. The van der Waals surface area contributed by atoms with Gasteiger partial charge in [-0.2, -0.15) is 0 Å². The van der Waals surface area contributed by atoms with E-state index in [1.165, 1.54) is 11.0 Å². The quantitative estimate of drug-likeness (QED) is 0.347. The van der Waals surface area contributed by atoms with Gasteiger partial charge in [-0.3, -0.25) is 13.9 Å². The molecule has 0 radical (unpaired) electrons. The van der Waals surface area contributed by atoms with E-state index in [1.54, 1.807) is 42.5 Å². The second-order valence-corrected chi connectivity index (χ2v) is 13.0. The van der Waals surface area contributed by atoms with E-state index in [0.29, 0.717) is 10.6 Å². The number of benzene rings is 3. The summed E-state index contributed by atoms with van der Waals surface area (Å²) < 4.78 is 26.6. The Morgan fingerprint density at radius 2 is 1.44 bits per heavy atom. The van der Waals surface area contributed by atoms with Crippen molar-refractivity contribution in [3.05, 3.63) is 100 Å². The van der Waals surface area contributed by atoms with Crippen molar-refractivity contribution in [3.63, 3.8) is 0 Å². The van der Waals surface area contributed by atoms with Crippen LogP contribution in [-0.4, -0.2) is 49.5 Å². The molecule has 0 aliphatic rings. The van der Waals surface area contributed by atoms with Gasteiger partial charge < -0.3 is 10.2 Å². The van der Waals surface area contributed by atoms with Crippen LogP contribution >= 0.6 is 23.2 Å². The third-order valence-corrected chi connectivity index (χ3v) is 7.68. The zero-order valence-electron chi connectivity index (χ0n) is 22.4. The van der Waals surface area contributed by atoms with Gasteiger partial charge in [0.05, 0.1) is 17.0 Å². The van der Waals surface area contributed by atoms with E-state index >= 15 is 0 Å². The van der Waals surface area contributed by atoms with Crippen LogP contribution in [0.15, 0.2) is 78.9 Å². The summed E-state index contributed by atoms with van der Waals surface area (Å²) in [6.07, 6.45) is 1.22. The molecule has 10 heteroatoms. The fourth-order valence-corrected chi connectivity index (χ4v) is 5.41. The molecule has 39 heavy (non-hydrogen) atoms. The number of nitrogens with zero attached hydrogens (tertiary/aromatic N) is 2. The second kappa shape index (κ2) is 12.9. The van der Waals surface area contributed by atoms with Gasteiger partial charge in [0.15, 0.2) is 0 Å². The van der Waals surface area contributed by atoms with E-state index in [9.17, 15) is 18.0 Å². The van der Waals surface area contributed by atoms with E-state index in [1.807, 2.05) is 51.1 Å². The minimum Gasteiger partial charge on any atom is -0.350 e. The first-order chi connectivity index (χ1) is 18.3. The molecule has 0 spiro atoms. The Bertz CT molecular complexity index is 1410. The Hall–Kier alpha value is -3.07. The predicted octanol–water partition coefficient (Wildman–Crippen LogP) is 5.31. The van der Waals surface area contributed by atoms with Gasteiger partial charge in [-0.25, -0.2) is 8.42 Å². The molecule has 3 rings (SSSR count). The number of carbonyl (C=O) groups is 2. The molecule has 208 valence electrons. The van der Waals surface area contributed by atoms with E-state index < -0.39 is 34.1 Å². The van der Waals surface area contributed by atoms with Crippen LogP contribution in [0.3, 0.4) is 0 Å². The summed E-state index contributed by atoms with van der Waals surface area (Å²) in [5.41, 5.74) is 1.07. The first-order valence-corrected chi connectivity index (χ1v) is 15.0. The third kappa shape index (κ3) is 8.71. The number of rotatable bonds is 10. The molecule has 1 N–H and O–H groups in total. The normalized spacial score (nSPS) is 12.5. The topological polar surface area (TPSA) is 86.8 Å². The molecule has 0 bridgehead atoms. The molecule has 0 saturated heterocycles. The van der Waals surface area contributed by atoms with Crippen LogP contribution < -0.4 is 9.62 Å². The largest absolute Gasteiger partial charge is 0.350 e. The molecule has 0 heterocycles. The van der Waals surface area contributed by atoms with Crippen LogP contribution in [0.1, 0.15) is 31.9 Å². The summed E-state index contributed by atoms with van der Waals surface area (Å²) in [4.78, 5) is 29.1. The first kappa shape index (κ1) is 30.5. The highest BCUT2D eigenvalue weighted by Crippen LogP contribution is 2.28. The van der Waals surface area contributed by atoms with E-state index in [2.05, 4.69) is 5.32 Å². The highest BCUT2D eigenvalue weighted by Gasteiger charge is 2.34. The highest BCUT2D eigenvalue weighted by atomic mass is 35.5. The molecule has 3 aromatic rings. The van der Waals surface area contributed by atoms with E-state index in [-0.39, 0.29) is 29.6 Å². The lowest BCUT2D eigenvalue weighted by Crippen LogP contribution is -2.56. The lowest BCUT2D eigenvalue weighted by molar-refractivity contribution is -0.140. The third-order valence-electron chi connectivity index (χ3n) is 5.87. The van der Waals surface area contributed by atoms with Crippen molar-refractivity contribution in [2.75, 3.05) is 17.1 Å². The zero-order chi connectivity index (χ0) is 28.8. The van der Waals surface area contributed by atoms with Gasteiger partial charge in [0.1, 0.15) is 12.6 Å². The summed E-state index contributed by atoms with van der Waals surface area (Å²) in [5, 5.41) is 3.59. The van der Waals surface area contributed by atoms with Crippen LogP contribution in [0, 0.1) is 0 Å². The number of sulfonamides is 1. The molecule has 7 nitrogen and oxygen atoms in total. The molecule has 1 unspecified atom stereocenters. The van der Waals surface area contributed by atoms with Gasteiger partial charge in [0, 0.05) is 23.5 Å². The minimum absolute atomic E-state index is 0.00626. The molecule has 0 aliphatic heterocycles. The predicted molar refractivity (Wildman–Crippen MR) is 157 cm³/mol. The SMILES string of the molecule is CC(C)(C)NC(=O)C(Cc1ccccc1)N(Cc1ccccc1Cl)C(=O)CN(c1ccccc1Cl)S(C)(=O)=O. The standard InChI is InChI=1S/C29H33Cl2N3O4S/c1-29(2,3)32-28(36)26(18-21-12-6-5-7-13-21)33(19-22-14-8-9-15-23(22)30)27(35)20-34(39(4,37)38)25-17-11-10-16-24(25)31/h5-17,26H,18-20H2,1-4H3,(H,32,36). The molecular formula is C29H33Cl2N3O4S. The Balaban J connectivity index is 2.10. The molecule has 0 aromatic heterocycles. The number of nitrogens with one attached hydrogen (secondary N) is 1. The molecular weight excluding hydrogens is 557 g/mol. The number of carbonyl (C=O) groups excluding carboxylic acids is 2. The van der Waals surface area contributed by atoms with E-state index in [4.69, 9.17) is 23.2 Å². The highest BCUT2D eigenvalue weighted by molar-refractivity contribution is 7.92. The van der Waals surface area contributed by atoms with Crippen LogP contribution in [0.5, 0.6) is 0 Å². The first-order valence-electron chi connectivity index (χ1n) is 12.4. The van der Waals surface area contributed by atoms with Gasteiger partial charge in [-0.1, -0.05) is 83.9 Å². The summed E-state index contributed by atoms with van der Waals surface area (Å²) in [6.45, 7) is 5.00. The summed E-state index contributed by atoms with van der Waals surface area (Å²) >= 11 is 12.8. The number of hydrogen-bond acceptors (Lipinski definition) is 4. The van der Waals surface area contributed by atoms with Gasteiger partial charge in [-0.05, 0) is 50.1 Å². The van der Waals surface area contributed by atoms with Crippen LogP contribution in [0.25, 0.3) is 0 Å². The summed E-state index contributed by atoms with van der Waals surface area (Å²) in [6, 6.07) is 21.8. The zero-order valence-corrected chi connectivity index (χ0v) is 24.7. The molecule has 1 atom stereocenters. The van der Waals surface area contributed by atoms with Gasteiger partial charge in [0.25, 0.3) is 0 Å². The fourth-order valence-electron chi connectivity index (χ4n) is 4.07. The second-order valence-electron chi connectivity index (χ2n) is 10.3. The van der Waals surface area contributed by atoms with E-state index in [0.717, 1.165) is 16.1 Å². The van der Waals surface area contributed by atoms with Gasteiger partial charge in [-0.15, -0.1) is 0 Å². The van der Waals surface area contributed by atoms with Crippen molar-refractivity contribution in [2.45, 2.75) is 45.3 Å². The fraction of sp³-hybridized carbons (Fsp3) is 0.310.